The number of fused-ring (bicyclic) bond motifs is 4. The second kappa shape index (κ2) is 16.8. The maximum Gasteiger partial charge on any atom is 0.248 e. The van der Waals surface area contributed by atoms with Gasteiger partial charge in [-0.15, -0.1) is 23.1 Å². The van der Waals surface area contributed by atoms with Gasteiger partial charge in [-0.05, 0) is 25.7 Å². The SMILES string of the molecule is CCCCCCCC(=O)SCC/C=C/[C@@H]1CC(=O)NCc2nc(cs2)C2=N[C@@](C)(CS2)C(=O)N[C@@H](C(C)C)C(O)N1. The molecular formula is C29H45N5O4S3. The summed E-state index contributed by atoms with van der Waals surface area (Å²) >= 11 is 4.28. The highest BCUT2D eigenvalue weighted by Crippen LogP contribution is 2.32. The molecule has 2 amide bonds. The number of amides is 2. The fourth-order valence-electron chi connectivity index (χ4n) is 4.55. The van der Waals surface area contributed by atoms with Crippen LogP contribution in [0, 0.1) is 5.92 Å². The number of hydrogen-bond donors (Lipinski definition) is 4. The molecule has 3 rings (SSSR count). The number of allylic oxidation sites excluding steroid dienone is 1. The molecule has 0 aliphatic carbocycles. The Hall–Kier alpha value is -1.73. The Morgan fingerprint density at radius 3 is 2.80 bits per heavy atom. The lowest BCUT2D eigenvalue weighted by molar-refractivity contribution is -0.127. The molecular weight excluding hydrogens is 579 g/mol. The Kier molecular flexibility index (Phi) is 13.8. The summed E-state index contributed by atoms with van der Waals surface area (Å²) in [6.45, 7) is 8.14. The fourth-order valence-corrected chi connectivity index (χ4v) is 7.25. The number of nitrogens with one attached hydrogen (secondary N) is 3. The molecule has 3 heterocycles. The lowest BCUT2D eigenvalue weighted by atomic mass is 9.98. The topological polar surface area (TPSA) is 133 Å². The van der Waals surface area contributed by atoms with Crippen molar-refractivity contribution in [3.63, 3.8) is 0 Å². The Labute approximate surface area is 256 Å². The van der Waals surface area contributed by atoms with Crippen LogP contribution in [0.25, 0.3) is 0 Å². The van der Waals surface area contributed by atoms with Gasteiger partial charge in [-0.3, -0.25) is 24.7 Å². The van der Waals surface area contributed by atoms with Crippen molar-refractivity contribution in [1.29, 1.82) is 0 Å². The number of nitrogens with zero attached hydrogens (tertiary/aromatic N) is 2. The Bertz CT molecular complexity index is 1090. The quantitative estimate of drug-likeness (QED) is 0.211. The molecule has 41 heavy (non-hydrogen) atoms. The van der Waals surface area contributed by atoms with Gasteiger partial charge in [0, 0.05) is 35.8 Å². The zero-order valence-corrected chi connectivity index (χ0v) is 27.1. The molecule has 0 fully saturated rings. The molecule has 0 spiro atoms. The van der Waals surface area contributed by atoms with Crippen LogP contribution in [-0.2, 0) is 20.9 Å². The average molecular weight is 624 g/mol. The molecule has 12 heteroatoms. The summed E-state index contributed by atoms with van der Waals surface area (Å²) < 4.78 is 0. The standard InChI is InChI=1S/C29H45N5O4S3/c1-5-6-7-8-9-13-24(36)39-14-11-10-12-20-15-22(35)30-16-23-32-21(17-40-23)27-34-29(4,18-41-27)28(38)33-25(19(2)3)26(37)31-20/h10,12,17,19-20,25-26,31,37H,5-9,11,13-16,18H2,1-4H3,(H,30,35)(H,33,38)/b12-10+/t20-,25+,26?,29+/m1/s1. The molecule has 4 atom stereocenters. The van der Waals surface area contributed by atoms with E-state index in [9.17, 15) is 19.5 Å². The molecule has 2 aliphatic heterocycles. The molecule has 1 unspecified atom stereocenters. The van der Waals surface area contributed by atoms with Gasteiger partial charge in [0.1, 0.15) is 27.5 Å². The summed E-state index contributed by atoms with van der Waals surface area (Å²) in [5, 5.41) is 23.9. The first-order chi connectivity index (χ1) is 19.6. The molecule has 0 aromatic carbocycles. The van der Waals surface area contributed by atoms with Gasteiger partial charge >= 0.3 is 0 Å². The third kappa shape index (κ3) is 10.8. The minimum atomic E-state index is -1.09. The van der Waals surface area contributed by atoms with Crippen LogP contribution in [0.15, 0.2) is 22.5 Å². The van der Waals surface area contributed by atoms with Crippen molar-refractivity contribution in [1.82, 2.24) is 20.9 Å². The Morgan fingerprint density at radius 1 is 1.27 bits per heavy atom. The van der Waals surface area contributed by atoms with Gasteiger partial charge in [-0.2, -0.15) is 0 Å². The first-order valence-corrected chi connectivity index (χ1v) is 17.5. The van der Waals surface area contributed by atoms with Crippen LogP contribution >= 0.6 is 34.9 Å². The van der Waals surface area contributed by atoms with Crippen molar-refractivity contribution in [2.45, 2.75) is 109 Å². The van der Waals surface area contributed by atoms with Gasteiger partial charge in [-0.25, -0.2) is 4.98 Å². The Balaban J connectivity index is 1.65. The molecule has 0 saturated carbocycles. The van der Waals surface area contributed by atoms with Gasteiger partial charge in [0.2, 0.25) is 11.8 Å². The number of rotatable bonds is 11. The average Bonchev–Trinajstić information content (AvgIpc) is 3.56. The minimum absolute atomic E-state index is 0.0784. The minimum Gasteiger partial charge on any atom is -0.376 e. The van der Waals surface area contributed by atoms with E-state index in [1.807, 2.05) is 31.4 Å². The van der Waals surface area contributed by atoms with E-state index in [0.717, 1.165) is 17.8 Å². The summed E-state index contributed by atoms with van der Waals surface area (Å²) in [6.07, 6.45) is 9.77. The number of carbonyl (C=O) groups excluding carboxylic acids is 3. The third-order valence-electron chi connectivity index (χ3n) is 7.08. The summed E-state index contributed by atoms with van der Waals surface area (Å²) in [6, 6.07) is -1.06. The molecule has 0 radical (unpaired) electrons. The first kappa shape index (κ1) is 33.8. The van der Waals surface area contributed by atoms with E-state index in [0.29, 0.717) is 41.6 Å². The fraction of sp³-hybridized carbons (Fsp3) is 0.690. The van der Waals surface area contributed by atoms with Gasteiger partial charge in [0.25, 0.3) is 0 Å². The van der Waals surface area contributed by atoms with Crippen molar-refractivity contribution in [3.8, 4) is 0 Å². The van der Waals surface area contributed by atoms with E-state index in [1.165, 1.54) is 54.1 Å². The first-order valence-electron chi connectivity index (χ1n) is 14.6. The smallest absolute Gasteiger partial charge is 0.248 e. The number of unbranched alkanes of at least 4 members (excludes halogenated alkanes) is 4. The number of aliphatic imine (C=N–C) groups is 1. The van der Waals surface area contributed by atoms with Crippen molar-refractivity contribution in [2.75, 3.05) is 11.5 Å². The lowest BCUT2D eigenvalue weighted by Gasteiger charge is -2.32. The second-order valence-electron chi connectivity index (χ2n) is 11.1. The van der Waals surface area contributed by atoms with Gasteiger partial charge in [0.15, 0.2) is 5.12 Å². The Morgan fingerprint density at radius 2 is 2.05 bits per heavy atom. The molecule has 228 valence electrons. The summed E-state index contributed by atoms with van der Waals surface area (Å²) in [4.78, 5) is 47.7. The van der Waals surface area contributed by atoms with Crippen LogP contribution in [0.2, 0.25) is 0 Å². The number of aliphatic hydroxyl groups is 1. The van der Waals surface area contributed by atoms with Crippen LogP contribution in [0.4, 0.5) is 0 Å². The lowest BCUT2D eigenvalue weighted by Crippen LogP contribution is -2.58. The zero-order chi connectivity index (χ0) is 29.8. The van der Waals surface area contributed by atoms with Crippen LogP contribution < -0.4 is 16.0 Å². The molecule has 4 N–H and O–H groups in total. The summed E-state index contributed by atoms with van der Waals surface area (Å²) in [7, 11) is 0. The third-order valence-corrected chi connectivity index (χ3v) is 10.2. The van der Waals surface area contributed by atoms with Crippen LogP contribution in [0.1, 0.15) is 89.8 Å². The van der Waals surface area contributed by atoms with Crippen LogP contribution in [-0.4, -0.2) is 67.4 Å². The number of thioether (sulfide) groups is 2. The molecule has 1 aromatic heterocycles. The van der Waals surface area contributed by atoms with E-state index in [4.69, 9.17) is 4.99 Å². The second-order valence-corrected chi connectivity index (χ2v) is 14.2. The molecule has 9 nitrogen and oxygen atoms in total. The number of thiazole rings is 1. The molecule has 0 saturated heterocycles. The highest BCUT2D eigenvalue weighted by molar-refractivity contribution is 8.14. The van der Waals surface area contributed by atoms with E-state index < -0.39 is 23.9 Å². The van der Waals surface area contributed by atoms with Crippen LogP contribution in [0.5, 0.6) is 0 Å². The van der Waals surface area contributed by atoms with Crippen molar-refractivity contribution >= 4 is 56.8 Å². The van der Waals surface area contributed by atoms with E-state index >= 15 is 0 Å². The molecule has 2 aliphatic rings. The maximum absolute atomic E-state index is 13.4. The van der Waals surface area contributed by atoms with E-state index in [2.05, 4.69) is 27.9 Å². The van der Waals surface area contributed by atoms with E-state index in [1.54, 1.807) is 6.92 Å². The van der Waals surface area contributed by atoms with Gasteiger partial charge in [-0.1, -0.05) is 70.4 Å². The number of hydrogen-bond acceptors (Lipinski definition) is 10. The monoisotopic (exact) mass is 623 g/mol. The van der Waals surface area contributed by atoms with Crippen molar-refractivity contribution < 1.29 is 19.5 Å². The van der Waals surface area contributed by atoms with Crippen molar-refractivity contribution in [3.05, 3.63) is 28.2 Å². The predicted octanol–water partition coefficient (Wildman–Crippen LogP) is 4.40. The number of aromatic nitrogens is 1. The maximum atomic E-state index is 13.4. The van der Waals surface area contributed by atoms with Gasteiger partial charge < -0.3 is 15.7 Å². The predicted molar refractivity (Wildman–Crippen MR) is 170 cm³/mol. The largest absolute Gasteiger partial charge is 0.376 e. The highest BCUT2D eigenvalue weighted by Gasteiger charge is 2.41. The van der Waals surface area contributed by atoms with Crippen molar-refractivity contribution in [2.24, 2.45) is 10.9 Å². The number of carbonyl (C=O) groups is 3. The zero-order valence-electron chi connectivity index (χ0n) is 24.6. The normalized spacial score (nSPS) is 25.8. The van der Waals surface area contributed by atoms with Crippen LogP contribution in [0.3, 0.4) is 0 Å². The highest BCUT2D eigenvalue weighted by atomic mass is 32.2. The number of aliphatic hydroxyl groups excluding tert-OH is 1. The molecule has 1 aromatic rings. The summed E-state index contributed by atoms with van der Waals surface area (Å²) in [5.41, 5.74) is -0.255. The van der Waals surface area contributed by atoms with Gasteiger partial charge in [0.05, 0.1) is 12.6 Å². The summed E-state index contributed by atoms with van der Waals surface area (Å²) in [5.74, 6) is 0.643. The van der Waals surface area contributed by atoms with E-state index in [-0.39, 0.29) is 29.3 Å². The molecule has 4 bridgehead atoms.